The number of aryl methyl sites for hydroxylation is 1. The number of carboxylic acids is 1. The maximum absolute atomic E-state index is 14.2. The molecule has 0 amide bonds. The average Bonchev–Trinajstić information content (AvgIpc) is 3.72. The van der Waals surface area contributed by atoms with Gasteiger partial charge in [0.1, 0.15) is 18.2 Å². The number of hydrogen-bond acceptors (Lipinski definition) is 7. The van der Waals surface area contributed by atoms with Crippen molar-refractivity contribution in [2.24, 2.45) is 0 Å². The number of carboxylic acid groups (broad SMARTS) is 1. The molecule has 43 heavy (non-hydrogen) atoms. The van der Waals surface area contributed by atoms with Gasteiger partial charge in [0.2, 0.25) is 5.88 Å². The number of aromatic carboxylic acids is 1. The first-order valence-corrected chi connectivity index (χ1v) is 14.3. The number of likely N-dealkylation sites (tertiary alicyclic amines) is 1. The fraction of sp³-hybridized carbons (Fsp3) is 0.333. The number of halogens is 2. The molecule has 4 N–H and O–H groups in total. The largest absolute Gasteiger partial charge is 0.478 e. The highest BCUT2D eigenvalue weighted by atomic mass is 35.5. The van der Waals surface area contributed by atoms with Gasteiger partial charge in [0, 0.05) is 42.5 Å². The third-order valence-corrected chi connectivity index (χ3v) is 8.06. The molecule has 0 unspecified atom stereocenters. The number of nitrogens with zero attached hydrogens (tertiary/aromatic N) is 7. The molecule has 226 valence electrons. The third kappa shape index (κ3) is 6.41. The van der Waals surface area contributed by atoms with E-state index in [4.69, 9.17) is 21.3 Å². The first-order valence-electron chi connectivity index (χ1n) is 13.9. The van der Waals surface area contributed by atoms with E-state index in [2.05, 4.69) is 31.0 Å². The number of piperidine rings is 1. The second-order valence-corrected chi connectivity index (χ2v) is 10.9. The van der Waals surface area contributed by atoms with Gasteiger partial charge in [0.05, 0.1) is 53.9 Å². The number of carbonyl (C=O) groups is 1. The number of benzene rings is 2. The topological polar surface area (TPSA) is 138 Å². The van der Waals surface area contributed by atoms with Crippen LogP contribution in [0.1, 0.15) is 53.2 Å². The highest BCUT2D eigenvalue weighted by Crippen LogP contribution is 2.29. The van der Waals surface area contributed by atoms with Gasteiger partial charge in [-0.05, 0) is 50.1 Å². The van der Waals surface area contributed by atoms with Gasteiger partial charge in [-0.15, -0.1) is 0 Å². The Bertz CT molecular complexity index is 1720. The monoisotopic (exact) mass is 608 g/mol. The van der Waals surface area contributed by atoms with Crippen LogP contribution >= 0.6 is 11.6 Å². The molecule has 4 heterocycles. The summed E-state index contributed by atoms with van der Waals surface area (Å²) in [6, 6.07) is 11.6. The SMILES string of the molecule is CCn1cncc1Cn1c(CN2CCC(n3nccc3OCc3ccc(Cl)cc3F)CC2)nc2ccc(C(=O)O)cc21.N. The Balaban J connectivity index is 0.00000368. The van der Waals surface area contributed by atoms with Crippen molar-refractivity contribution in [1.29, 1.82) is 0 Å². The standard InChI is InChI=1S/C30H31ClFN7O3.H3N/c1-2-37-19-33-15-24(37)16-38-27-13-20(30(40)41)4-6-26(27)35-28(38)17-36-11-8-23(9-12-36)39-29(7-10-34-39)42-18-21-3-5-22(31)14-25(21)32;/h3-7,10,13-15,19,23H,2,8-9,11-12,16-18H2,1H3,(H,40,41);1H3. The van der Waals surface area contributed by atoms with Crippen LogP contribution in [0, 0.1) is 5.82 Å². The highest BCUT2D eigenvalue weighted by Gasteiger charge is 2.25. The number of imidazole rings is 2. The molecule has 3 aromatic heterocycles. The Hall–Kier alpha value is -4.26. The molecule has 0 spiro atoms. The molecule has 5 aromatic rings. The normalized spacial score (nSPS) is 14.2. The van der Waals surface area contributed by atoms with E-state index in [1.54, 1.807) is 48.9 Å². The van der Waals surface area contributed by atoms with Crippen molar-refractivity contribution in [2.45, 2.75) is 52.0 Å². The maximum atomic E-state index is 14.2. The summed E-state index contributed by atoms with van der Waals surface area (Å²) >= 11 is 5.87. The second-order valence-electron chi connectivity index (χ2n) is 10.4. The number of hydrogen-bond donors (Lipinski definition) is 2. The van der Waals surface area contributed by atoms with Gasteiger partial charge in [0.15, 0.2) is 0 Å². The minimum absolute atomic E-state index is 0. The summed E-state index contributed by atoms with van der Waals surface area (Å²) in [5, 5.41) is 14.4. The van der Waals surface area contributed by atoms with Crippen LogP contribution in [0.15, 0.2) is 61.2 Å². The van der Waals surface area contributed by atoms with Crippen molar-refractivity contribution in [3.05, 3.63) is 94.7 Å². The lowest BCUT2D eigenvalue weighted by atomic mass is 10.1. The molecule has 0 radical (unpaired) electrons. The van der Waals surface area contributed by atoms with Crippen LogP contribution in [-0.4, -0.2) is 57.9 Å². The van der Waals surface area contributed by atoms with Crippen molar-refractivity contribution in [3.8, 4) is 5.88 Å². The molecule has 6 rings (SSSR count). The van der Waals surface area contributed by atoms with Gasteiger partial charge in [-0.3, -0.25) is 4.90 Å². The molecule has 13 heteroatoms. The highest BCUT2D eigenvalue weighted by molar-refractivity contribution is 6.30. The average molecular weight is 609 g/mol. The first kappa shape index (κ1) is 30.2. The minimum Gasteiger partial charge on any atom is -0.478 e. The number of rotatable bonds is 10. The Labute approximate surface area is 253 Å². The fourth-order valence-corrected chi connectivity index (χ4v) is 5.69. The van der Waals surface area contributed by atoms with Crippen LogP contribution in [0.2, 0.25) is 5.02 Å². The molecule has 1 aliphatic rings. The van der Waals surface area contributed by atoms with E-state index in [1.807, 2.05) is 10.9 Å². The van der Waals surface area contributed by atoms with Gasteiger partial charge in [-0.1, -0.05) is 17.7 Å². The second kappa shape index (κ2) is 12.9. The molecule has 0 atom stereocenters. The van der Waals surface area contributed by atoms with Crippen LogP contribution in [0.25, 0.3) is 11.0 Å². The first-order chi connectivity index (χ1) is 20.4. The maximum Gasteiger partial charge on any atom is 0.335 e. The summed E-state index contributed by atoms with van der Waals surface area (Å²) in [5.41, 5.74) is 3.25. The fourth-order valence-electron chi connectivity index (χ4n) is 5.53. The Morgan fingerprint density at radius 3 is 2.70 bits per heavy atom. The molecule has 0 aliphatic carbocycles. The Kier molecular flexibility index (Phi) is 9.09. The van der Waals surface area contributed by atoms with E-state index in [0.29, 0.717) is 29.6 Å². The van der Waals surface area contributed by atoms with Crippen LogP contribution in [0.3, 0.4) is 0 Å². The molecule has 1 aliphatic heterocycles. The molecular formula is C30H34ClFN8O3. The van der Waals surface area contributed by atoms with Crippen molar-refractivity contribution in [3.63, 3.8) is 0 Å². The minimum atomic E-state index is -0.966. The van der Waals surface area contributed by atoms with E-state index in [0.717, 1.165) is 55.0 Å². The van der Waals surface area contributed by atoms with E-state index in [1.165, 1.54) is 6.07 Å². The molecule has 1 saturated heterocycles. The van der Waals surface area contributed by atoms with Gasteiger partial charge in [-0.2, -0.15) is 5.10 Å². The van der Waals surface area contributed by atoms with Crippen LogP contribution in [0.5, 0.6) is 5.88 Å². The molecular weight excluding hydrogens is 575 g/mol. The lowest BCUT2D eigenvalue weighted by molar-refractivity contribution is 0.0697. The molecule has 0 bridgehead atoms. The summed E-state index contributed by atoms with van der Waals surface area (Å²) in [6.45, 7) is 5.77. The van der Waals surface area contributed by atoms with Crippen molar-refractivity contribution in [2.75, 3.05) is 13.1 Å². The zero-order valence-electron chi connectivity index (χ0n) is 23.9. The Morgan fingerprint density at radius 2 is 1.95 bits per heavy atom. The van der Waals surface area contributed by atoms with Gasteiger partial charge in [0.25, 0.3) is 0 Å². The summed E-state index contributed by atoms with van der Waals surface area (Å²) in [7, 11) is 0. The molecule has 0 saturated carbocycles. The van der Waals surface area contributed by atoms with Crippen molar-refractivity contribution >= 4 is 28.6 Å². The van der Waals surface area contributed by atoms with Gasteiger partial charge < -0.3 is 25.1 Å². The molecule has 2 aromatic carbocycles. The zero-order valence-corrected chi connectivity index (χ0v) is 24.6. The zero-order chi connectivity index (χ0) is 29.2. The lowest BCUT2D eigenvalue weighted by Gasteiger charge is -2.32. The van der Waals surface area contributed by atoms with Crippen LogP contribution in [-0.2, 0) is 26.2 Å². The Morgan fingerprint density at radius 1 is 1.14 bits per heavy atom. The third-order valence-electron chi connectivity index (χ3n) is 7.83. The van der Waals surface area contributed by atoms with Crippen molar-refractivity contribution < 1.29 is 19.0 Å². The summed E-state index contributed by atoms with van der Waals surface area (Å²) in [4.78, 5) is 23.3. The molecule has 11 nitrogen and oxygen atoms in total. The lowest BCUT2D eigenvalue weighted by Crippen LogP contribution is -2.35. The van der Waals surface area contributed by atoms with Gasteiger partial charge >= 0.3 is 5.97 Å². The van der Waals surface area contributed by atoms with Crippen molar-refractivity contribution in [1.82, 2.24) is 39.9 Å². The van der Waals surface area contributed by atoms with Crippen LogP contribution < -0.4 is 10.9 Å². The summed E-state index contributed by atoms with van der Waals surface area (Å²) in [6.07, 6.45) is 7.07. The van der Waals surface area contributed by atoms with E-state index in [9.17, 15) is 14.3 Å². The van der Waals surface area contributed by atoms with E-state index in [-0.39, 0.29) is 24.4 Å². The smallest absolute Gasteiger partial charge is 0.335 e. The van der Waals surface area contributed by atoms with E-state index >= 15 is 0 Å². The predicted octanol–water partition coefficient (Wildman–Crippen LogP) is 5.57. The number of ether oxygens (including phenoxy) is 1. The molecule has 1 fully saturated rings. The summed E-state index contributed by atoms with van der Waals surface area (Å²) < 4.78 is 26.2. The van der Waals surface area contributed by atoms with Crippen LogP contribution in [0.4, 0.5) is 4.39 Å². The predicted molar refractivity (Wildman–Crippen MR) is 160 cm³/mol. The number of aromatic nitrogens is 6. The number of fused-ring (bicyclic) bond motifs is 1. The van der Waals surface area contributed by atoms with Gasteiger partial charge in [-0.25, -0.2) is 23.8 Å². The summed E-state index contributed by atoms with van der Waals surface area (Å²) in [5.74, 6) is 0.118. The van der Waals surface area contributed by atoms with E-state index < -0.39 is 11.8 Å². The quantitative estimate of drug-likeness (QED) is 0.210.